The highest BCUT2D eigenvalue weighted by molar-refractivity contribution is 5.99. The quantitative estimate of drug-likeness (QED) is 0.772. The Bertz CT molecular complexity index is 875. The number of carbonyl (C=O) groups excluding carboxylic acids is 1. The Morgan fingerprint density at radius 2 is 2.04 bits per heavy atom. The maximum Gasteiger partial charge on any atom is 0.255 e. The second-order valence-corrected chi connectivity index (χ2v) is 5.54. The minimum Gasteiger partial charge on any atom is -0.344 e. The third kappa shape index (κ3) is 3.03. The standard InChI is InChI=1S/C18H17FN4O/c1-11-6-5-9-20-16(11)12(2)22-18(24)14-10-21-23-17(14)13-7-3-4-8-15(13)19/h3-10,12H,1-2H3,(H,21,23)(H,22,24)/t12-/m0/s1. The summed E-state index contributed by atoms with van der Waals surface area (Å²) in [4.78, 5) is 16.9. The molecule has 1 aromatic carbocycles. The molecule has 0 unspecified atom stereocenters. The van der Waals surface area contributed by atoms with E-state index < -0.39 is 5.82 Å². The van der Waals surface area contributed by atoms with Crippen molar-refractivity contribution >= 4 is 5.91 Å². The molecule has 0 aliphatic heterocycles. The number of aryl methyl sites for hydroxylation is 1. The Labute approximate surface area is 138 Å². The highest BCUT2D eigenvalue weighted by atomic mass is 19.1. The van der Waals surface area contributed by atoms with Crippen LogP contribution in [0, 0.1) is 12.7 Å². The van der Waals surface area contributed by atoms with Gasteiger partial charge in [-0.05, 0) is 37.6 Å². The molecule has 5 nitrogen and oxygen atoms in total. The Morgan fingerprint density at radius 1 is 1.25 bits per heavy atom. The predicted molar refractivity (Wildman–Crippen MR) is 88.8 cm³/mol. The van der Waals surface area contributed by atoms with Crippen molar-refractivity contribution < 1.29 is 9.18 Å². The summed E-state index contributed by atoms with van der Waals surface area (Å²) in [6, 6.07) is 9.76. The van der Waals surface area contributed by atoms with E-state index in [-0.39, 0.29) is 11.9 Å². The molecular weight excluding hydrogens is 307 g/mol. The fourth-order valence-corrected chi connectivity index (χ4v) is 2.62. The largest absolute Gasteiger partial charge is 0.344 e. The van der Waals surface area contributed by atoms with E-state index >= 15 is 0 Å². The van der Waals surface area contributed by atoms with Gasteiger partial charge < -0.3 is 5.32 Å². The van der Waals surface area contributed by atoms with E-state index in [0.29, 0.717) is 16.8 Å². The highest BCUT2D eigenvalue weighted by Gasteiger charge is 2.20. The van der Waals surface area contributed by atoms with Gasteiger partial charge in [0.15, 0.2) is 0 Å². The molecule has 2 heterocycles. The van der Waals surface area contributed by atoms with E-state index in [0.717, 1.165) is 11.3 Å². The Hall–Kier alpha value is -3.02. The summed E-state index contributed by atoms with van der Waals surface area (Å²) in [7, 11) is 0. The number of rotatable bonds is 4. The lowest BCUT2D eigenvalue weighted by Crippen LogP contribution is -2.27. The van der Waals surface area contributed by atoms with E-state index in [4.69, 9.17) is 0 Å². The number of aromatic nitrogens is 3. The lowest BCUT2D eigenvalue weighted by molar-refractivity contribution is 0.0940. The molecule has 122 valence electrons. The number of aromatic amines is 1. The van der Waals surface area contributed by atoms with Crippen LogP contribution in [-0.2, 0) is 0 Å². The Kier molecular flexibility index (Phi) is 4.37. The fraction of sp³-hybridized carbons (Fsp3) is 0.167. The van der Waals surface area contributed by atoms with Crippen LogP contribution in [0.15, 0.2) is 48.8 Å². The molecule has 0 aliphatic rings. The number of halogens is 1. The molecule has 0 spiro atoms. The predicted octanol–water partition coefficient (Wildman–Crippen LogP) is 3.41. The molecule has 0 radical (unpaired) electrons. The second kappa shape index (κ2) is 6.62. The van der Waals surface area contributed by atoms with Crippen molar-refractivity contribution in [3.63, 3.8) is 0 Å². The van der Waals surface area contributed by atoms with Crippen LogP contribution in [0.25, 0.3) is 11.3 Å². The SMILES string of the molecule is Cc1cccnc1[C@H](C)NC(=O)c1cn[nH]c1-c1ccccc1F. The maximum atomic E-state index is 14.0. The number of nitrogens with one attached hydrogen (secondary N) is 2. The van der Waals surface area contributed by atoms with Crippen molar-refractivity contribution in [3.8, 4) is 11.3 Å². The molecule has 24 heavy (non-hydrogen) atoms. The first-order valence-electron chi connectivity index (χ1n) is 7.58. The van der Waals surface area contributed by atoms with Crippen molar-refractivity contribution in [2.24, 2.45) is 0 Å². The van der Waals surface area contributed by atoms with Gasteiger partial charge in [0.05, 0.1) is 29.2 Å². The first kappa shape index (κ1) is 15.9. The summed E-state index contributed by atoms with van der Waals surface area (Å²) >= 11 is 0. The van der Waals surface area contributed by atoms with Crippen molar-refractivity contribution in [1.29, 1.82) is 0 Å². The fourth-order valence-electron chi connectivity index (χ4n) is 2.62. The van der Waals surface area contributed by atoms with Gasteiger partial charge in [0.1, 0.15) is 5.82 Å². The molecule has 6 heteroatoms. The van der Waals surface area contributed by atoms with Gasteiger partial charge in [-0.3, -0.25) is 14.9 Å². The van der Waals surface area contributed by atoms with Gasteiger partial charge in [0.2, 0.25) is 0 Å². The lowest BCUT2D eigenvalue weighted by atomic mass is 10.1. The average molecular weight is 324 g/mol. The molecular formula is C18H17FN4O. The number of amides is 1. The molecule has 0 saturated heterocycles. The van der Waals surface area contributed by atoms with Gasteiger partial charge in [-0.2, -0.15) is 5.10 Å². The molecule has 3 rings (SSSR count). The number of nitrogens with zero attached hydrogens (tertiary/aromatic N) is 2. The molecule has 3 aromatic rings. The number of hydrogen-bond acceptors (Lipinski definition) is 3. The molecule has 1 amide bonds. The summed E-state index contributed by atoms with van der Waals surface area (Å²) < 4.78 is 14.0. The number of hydrogen-bond donors (Lipinski definition) is 2. The average Bonchev–Trinajstić information content (AvgIpc) is 3.05. The van der Waals surface area contributed by atoms with Gasteiger partial charge in [0, 0.05) is 11.8 Å². The highest BCUT2D eigenvalue weighted by Crippen LogP contribution is 2.24. The summed E-state index contributed by atoms with van der Waals surface area (Å²) in [6.45, 7) is 3.80. The van der Waals surface area contributed by atoms with Crippen LogP contribution in [0.1, 0.15) is 34.6 Å². The van der Waals surface area contributed by atoms with Gasteiger partial charge in [-0.15, -0.1) is 0 Å². The summed E-state index contributed by atoms with van der Waals surface area (Å²) in [5.74, 6) is -0.746. The number of benzene rings is 1. The van der Waals surface area contributed by atoms with Crippen LogP contribution in [-0.4, -0.2) is 21.1 Å². The molecule has 0 aliphatic carbocycles. The van der Waals surface area contributed by atoms with E-state index in [1.54, 1.807) is 24.4 Å². The zero-order valence-corrected chi connectivity index (χ0v) is 13.4. The smallest absolute Gasteiger partial charge is 0.255 e. The Balaban J connectivity index is 1.86. The second-order valence-electron chi connectivity index (χ2n) is 5.54. The molecule has 2 N–H and O–H groups in total. The topological polar surface area (TPSA) is 70.7 Å². The van der Waals surface area contributed by atoms with Crippen molar-refractivity contribution in [3.05, 3.63) is 71.4 Å². The molecule has 1 atom stereocenters. The lowest BCUT2D eigenvalue weighted by Gasteiger charge is -2.15. The van der Waals surface area contributed by atoms with Crippen LogP contribution in [0.5, 0.6) is 0 Å². The van der Waals surface area contributed by atoms with Gasteiger partial charge in [0.25, 0.3) is 5.91 Å². The van der Waals surface area contributed by atoms with Crippen molar-refractivity contribution in [2.75, 3.05) is 0 Å². The molecule has 0 bridgehead atoms. The number of pyridine rings is 1. The van der Waals surface area contributed by atoms with E-state index in [9.17, 15) is 9.18 Å². The Morgan fingerprint density at radius 3 is 2.79 bits per heavy atom. The minimum atomic E-state index is -0.413. The van der Waals surface area contributed by atoms with Crippen LogP contribution >= 0.6 is 0 Å². The van der Waals surface area contributed by atoms with Gasteiger partial charge >= 0.3 is 0 Å². The summed E-state index contributed by atoms with van der Waals surface area (Å²) in [5, 5.41) is 9.48. The summed E-state index contributed by atoms with van der Waals surface area (Å²) in [6.07, 6.45) is 3.09. The van der Waals surface area contributed by atoms with Crippen molar-refractivity contribution in [2.45, 2.75) is 19.9 Å². The number of H-pyrrole nitrogens is 1. The third-order valence-electron chi connectivity index (χ3n) is 3.83. The monoisotopic (exact) mass is 324 g/mol. The first-order valence-corrected chi connectivity index (χ1v) is 7.58. The van der Waals surface area contributed by atoms with Crippen LogP contribution in [0.3, 0.4) is 0 Å². The van der Waals surface area contributed by atoms with Crippen LogP contribution in [0.4, 0.5) is 4.39 Å². The minimum absolute atomic E-state index is 0.276. The number of carbonyl (C=O) groups is 1. The van der Waals surface area contributed by atoms with E-state index in [1.807, 2.05) is 26.0 Å². The van der Waals surface area contributed by atoms with Crippen LogP contribution in [0.2, 0.25) is 0 Å². The zero-order valence-electron chi connectivity index (χ0n) is 13.4. The van der Waals surface area contributed by atoms with E-state index in [1.165, 1.54) is 12.3 Å². The third-order valence-corrected chi connectivity index (χ3v) is 3.83. The van der Waals surface area contributed by atoms with Gasteiger partial charge in [-0.25, -0.2) is 4.39 Å². The van der Waals surface area contributed by atoms with Crippen LogP contribution < -0.4 is 5.32 Å². The molecule has 0 fully saturated rings. The normalized spacial score (nSPS) is 12.0. The summed E-state index contributed by atoms with van der Waals surface area (Å²) in [5.41, 5.74) is 2.74. The first-order chi connectivity index (χ1) is 11.6. The molecule has 2 aromatic heterocycles. The molecule has 0 saturated carbocycles. The zero-order chi connectivity index (χ0) is 17.1. The maximum absolute atomic E-state index is 14.0. The van der Waals surface area contributed by atoms with Gasteiger partial charge in [-0.1, -0.05) is 18.2 Å². The van der Waals surface area contributed by atoms with E-state index in [2.05, 4.69) is 20.5 Å². The van der Waals surface area contributed by atoms with Crippen molar-refractivity contribution in [1.82, 2.24) is 20.5 Å².